The Balaban J connectivity index is 2.27. The Morgan fingerprint density at radius 1 is 1.31 bits per heavy atom. The van der Waals surface area contributed by atoms with Crippen LogP contribution < -0.4 is 4.72 Å². The van der Waals surface area contributed by atoms with Crippen LogP contribution in [0.25, 0.3) is 0 Å². The fraction of sp³-hybridized carbons (Fsp3) is 0.455. The molecule has 0 heterocycles. The predicted molar refractivity (Wildman–Crippen MR) is 62.0 cm³/mol. The van der Waals surface area contributed by atoms with Crippen molar-refractivity contribution in [1.82, 2.24) is 0 Å². The molecule has 1 aromatic carbocycles. The van der Waals surface area contributed by atoms with Gasteiger partial charge in [0.05, 0.1) is 0 Å². The highest BCUT2D eigenvalue weighted by molar-refractivity contribution is 8.01. The molecule has 0 saturated heterocycles. The third-order valence-electron chi connectivity index (χ3n) is 1.85. The monoisotopic (exact) mass is 195 g/mol. The van der Waals surface area contributed by atoms with Gasteiger partial charge in [-0.05, 0) is 30.5 Å². The number of para-hydroxylation sites is 1. The Bertz CT molecular complexity index is 223. The zero-order valence-electron chi connectivity index (χ0n) is 8.29. The van der Waals surface area contributed by atoms with Gasteiger partial charge >= 0.3 is 0 Å². The molecule has 1 unspecified atom stereocenters. The molecule has 2 heteroatoms. The third-order valence-corrected chi connectivity index (χ3v) is 2.84. The Morgan fingerprint density at radius 3 is 2.62 bits per heavy atom. The molecule has 1 atom stereocenters. The molecule has 1 aromatic rings. The van der Waals surface area contributed by atoms with Gasteiger partial charge in [0.1, 0.15) is 0 Å². The smallest absolute Gasteiger partial charge is 0.0440 e. The lowest BCUT2D eigenvalue weighted by Crippen LogP contribution is -1.99. The molecule has 0 aliphatic heterocycles. The number of rotatable bonds is 5. The number of hydrogen-bond acceptors (Lipinski definition) is 2. The van der Waals surface area contributed by atoms with Crippen molar-refractivity contribution in [2.75, 3.05) is 4.72 Å². The maximum absolute atomic E-state index is 3.35. The normalized spacial score (nSPS) is 12.5. The average Bonchev–Trinajstić information content (AvgIpc) is 2.17. The van der Waals surface area contributed by atoms with Crippen LogP contribution in [0.5, 0.6) is 0 Å². The zero-order chi connectivity index (χ0) is 9.52. The van der Waals surface area contributed by atoms with Gasteiger partial charge in [-0.2, -0.15) is 0 Å². The fourth-order valence-electron chi connectivity index (χ4n) is 1.14. The summed E-state index contributed by atoms with van der Waals surface area (Å²) in [6, 6.07) is 10.3. The highest BCUT2D eigenvalue weighted by Gasteiger charge is 2.00. The van der Waals surface area contributed by atoms with E-state index in [0.717, 1.165) is 0 Å². The lowest BCUT2D eigenvalue weighted by Gasteiger charge is -2.10. The molecule has 0 bridgehead atoms. The molecular formula is C11H17NS. The quantitative estimate of drug-likeness (QED) is 0.714. The summed E-state index contributed by atoms with van der Waals surface area (Å²) in [5.41, 5.74) is 1.19. The summed E-state index contributed by atoms with van der Waals surface area (Å²) >= 11 is 1.80. The van der Waals surface area contributed by atoms with Gasteiger partial charge in [0.15, 0.2) is 0 Å². The minimum Gasteiger partial charge on any atom is -0.330 e. The number of anilines is 1. The van der Waals surface area contributed by atoms with Crippen LogP contribution in [0.3, 0.4) is 0 Å². The van der Waals surface area contributed by atoms with E-state index < -0.39 is 0 Å². The van der Waals surface area contributed by atoms with Gasteiger partial charge in [0.2, 0.25) is 0 Å². The first-order valence-electron chi connectivity index (χ1n) is 4.79. The summed E-state index contributed by atoms with van der Waals surface area (Å²) in [6.07, 6.45) is 2.52. The molecule has 0 saturated carbocycles. The fourth-order valence-corrected chi connectivity index (χ4v) is 1.97. The van der Waals surface area contributed by atoms with E-state index in [0.29, 0.717) is 5.25 Å². The summed E-state index contributed by atoms with van der Waals surface area (Å²) in [7, 11) is 0. The second-order valence-corrected chi connectivity index (χ2v) is 4.43. The van der Waals surface area contributed by atoms with E-state index in [2.05, 4.69) is 30.7 Å². The Kier molecular flexibility index (Phi) is 4.76. The molecule has 0 amide bonds. The van der Waals surface area contributed by atoms with Crippen LogP contribution in [0.4, 0.5) is 5.69 Å². The Morgan fingerprint density at radius 2 is 2.00 bits per heavy atom. The number of benzene rings is 1. The second-order valence-electron chi connectivity index (χ2n) is 3.19. The van der Waals surface area contributed by atoms with Crippen LogP contribution in [-0.4, -0.2) is 5.25 Å². The van der Waals surface area contributed by atoms with E-state index in [1.807, 2.05) is 18.2 Å². The van der Waals surface area contributed by atoms with E-state index in [-0.39, 0.29) is 0 Å². The third kappa shape index (κ3) is 4.23. The van der Waals surface area contributed by atoms with E-state index in [4.69, 9.17) is 0 Å². The molecule has 1 nitrogen and oxygen atoms in total. The summed E-state index contributed by atoms with van der Waals surface area (Å²) in [6.45, 7) is 4.48. The highest BCUT2D eigenvalue weighted by atomic mass is 32.2. The van der Waals surface area contributed by atoms with E-state index in [9.17, 15) is 0 Å². The van der Waals surface area contributed by atoms with Gasteiger partial charge in [-0.25, -0.2) is 0 Å². The van der Waals surface area contributed by atoms with Crippen molar-refractivity contribution in [3.63, 3.8) is 0 Å². The predicted octanol–water partition coefficient (Wildman–Crippen LogP) is 3.94. The van der Waals surface area contributed by atoms with Crippen molar-refractivity contribution in [2.45, 2.75) is 31.9 Å². The molecule has 13 heavy (non-hydrogen) atoms. The summed E-state index contributed by atoms with van der Waals surface area (Å²) in [4.78, 5) is 0. The lowest BCUT2D eigenvalue weighted by atomic mass is 10.3. The van der Waals surface area contributed by atoms with Gasteiger partial charge in [-0.3, -0.25) is 0 Å². The van der Waals surface area contributed by atoms with Crippen molar-refractivity contribution in [2.24, 2.45) is 0 Å². The Hall–Kier alpha value is -0.630. The highest BCUT2D eigenvalue weighted by Crippen LogP contribution is 2.18. The second kappa shape index (κ2) is 5.92. The molecule has 0 aliphatic rings. The zero-order valence-corrected chi connectivity index (χ0v) is 9.10. The van der Waals surface area contributed by atoms with Gasteiger partial charge < -0.3 is 4.72 Å². The van der Waals surface area contributed by atoms with Gasteiger partial charge in [-0.15, -0.1) is 0 Å². The van der Waals surface area contributed by atoms with E-state index in [1.54, 1.807) is 11.9 Å². The molecule has 0 radical (unpaired) electrons. The Labute approximate surface area is 85.1 Å². The number of nitrogens with one attached hydrogen (secondary N) is 1. The van der Waals surface area contributed by atoms with Crippen LogP contribution in [0.2, 0.25) is 0 Å². The van der Waals surface area contributed by atoms with Crippen LogP contribution in [0, 0.1) is 0 Å². The maximum Gasteiger partial charge on any atom is 0.0440 e. The standard InChI is InChI=1S/C11H17NS/c1-3-7-10(2)13-12-11-8-5-4-6-9-11/h4-6,8-10,12H,3,7H2,1-2H3. The summed E-state index contributed by atoms with van der Waals surface area (Å²) < 4.78 is 3.35. The van der Waals surface area contributed by atoms with Crippen molar-refractivity contribution in [3.05, 3.63) is 30.3 Å². The first-order chi connectivity index (χ1) is 6.33. The first kappa shape index (κ1) is 10.5. The first-order valence-corrected chi connectivity index (χ1v) is 5.67. The lowest BCUT2D eigenvalue weighted by molar-refractivity contribution is 0.788. The van der Waals surface area contributed by atoms with Gasteiger partial charge in [-0.1, -0.05) is 38.5 Å². The molecule has 0 fully saturated rings. The van der Waals surface area contributed by atoms with E-state index >= 15 is 0 Å². The van der Waals surface area contributed by atoms with Crippen molar-refractivity contribution >= 4 is 17.6 Å². The molecule has 1 N–H and O–H groups in total. The van der Waals surface area contributed by atoms with Crippen molar-refractivity contribution < 1.29 is 0 Å². The molecule has 1 rings (SSSR count). The van der Waals surface area contributed by atoms with Crippen molar-refractivity contribution in [3.8, 4) is 0 Å². The van der Waals surface area contributed by atoms with Crippen LogP contribution in [0.1, 0.15) is 26.7 Å². The largest absolute Gasteiger partial charge is 0.330 e. The molecule has 0 aromatic heterocycles. The molecular weight excluding hydrogens is 178 g/mol. The summed E-state index contributed by atoms with van der Waals surface area (Å²) in [5.74, 6) is 0. The minimum atomic E-state index is 0.685. The van der Waals surface area contributed by atoms with Crippen LogP contribution in [0.15, 0.2) is 30.3 Å². The maximum atomic E-state index is 3.35. The van der Waals surface area contributed by atoms with Gasteiger partial charge in [0.25, 0.3) is 0 Å². The molecule has 0 spiro atoms. The molecule has 72 valence electrons. The van der Waals surface area contributed by atoms with Crippen LogP contribution >= 0.6 is 11.9 Å². The van der Waals surface area contributed by atoms with E-state index in [1.165, 1.54) is 18.5 Å². The minimum absolute atomic E-state index is 0.685. The van der Waals surface area contributed by atoms with Crippen molar-refractivity contribution in [1.29, 1.82) is 0 Å². The summed E-state index contributed by atoms with van der Waals surface area (Å²) in [5, 5.41) is 0.685. The van der Waals surface area contributed by atoms with Crippen LogP contribution in [-0.2, 0) is 0 Å². The SMILES string of the molecule is CCCC(C)SNc1ccccc1. The molecule has 0 aliphatic carbocycles. The topological polar surface area (TPSA) is 12.0 Å². The average molecular weight is 195 g/mol. The number of hydrogen-bond donors (Lipinski definition) is 1. The van der Waals surface area contributed by atoms with Gasteiger partial charge in [0, 0.05) is 10.9 Å².